The molecule has 0 spiro atoms. The van der Waals surface area contributed by atoms with E-state index in [-0.39, 0.29) is 24.1 Å². The molecule has 0 saturated carbocycles. The first-order valence-electron chi connectivity index (χ1n) is 10.1. The van der Waals surface area contributed by atoms with E-state index >= 15 is 0 Å². The van der Waals surface area contributed by atoms with Gasteiger partial charge in [0, 0.05) is 24.7 Å². The molecule has 1 aliphatic heterocycles. The van der Waals surface area contributed by atoms with Gasteiger partial charge in [0.25, 0.3) is 5.56 Å². The predicted molar refractivity (Wildman–Crippen MR) is 117 cm³/mol. The number of methoxy groups -OCH3 is 1. The van der Waals surface area contributed by atoms with Crippen LogP contribution in [0.5, 0.6) is 5.75 Å². The van der Waals surface area contributed by atoms with E-state index in [1.807, 2.05) is 24.3 Å². The average molecular weight is 432 g/mol. The van der Waals surface area contributed by atoms with Crippen LogP contribution in [0.4, 0.5) is 0 Å². The Morgan fingerprint density at radius 2 is 1.81 bits per heavy atom. The van der Waals surface area contributed by atoms with Gasteiger partial charge in [-0.25, -0.2) is 9.48 Å². The standard InChI is InChI=1S/C23H20N4O5/c1-31-19-8-4-2-6-16(19)17-10-11-21(28)27(24-17)15-12-25(13-15)22(29)14-26-18-7-3-5-9-20(18)32-23(26)30/h2-11,15H,12-14H2,1H3. The van der Waals surface area contributed by atoms with Gasteiger partial charge in [-0.2, -0.15) is 5.10 Å². The van der Waals surface area contributed by atoms with Crippen molar-refractivity contribution < 1.29 is 13.9 Å². The highest BCUT2D eigenvalue weighted by molar-refractivity contribution is 5.80. The molecule has 1 aliphatic rings. The maximum absolute atomic E-state index is 12.7. The van der Waals surface area contributed by atoms with Crippen molar-refractivity contribution in [1.29, 1.82) is 0 Å². The smallest absolute Gasteiger partial charge is 0.420 e. The number of likely N-dealkylation sites (tertiary alicyclic amines) is 1. The lowest BCUT2D eigenvalue weighted by atomic mass is 10.1. The predicted octanol–water partition coefficient (Wildman–Crippen LogP) is 1.91. The molecular weight excluding hydrogens is 412 g/mol. The van der Waals surface area contributed by atoms with Gasteiger partial charge in [-0.3, -0.25) is 14.2 Å². The number of fused-ring (bicyclic) bond motifs is 1. The van der Waals surface area contributed by atoms with Gasteiger partial charge in [0.2, 0.25) is 5.91 Å². The molecule has 9 heteroatoms. The summed E-state index contributed by atoms with van der Waals surface area (Å²) in [7, 11) is 1.58. The molecular formula is C23H20N4O5. The molecule has 2 aromatic heterocycles. The highest BCUT2D eigenvalue weighted by atomic mass is 16.5. The highest BCUT2D eigenvalue weighted by Crippen LogP contribution is 2.28. The fraction of sp³-hybridized carbons (Fsp3) is 0.217. The summed E-state index contributed by atoms with van der Waals surface area (Å²) in [4.78, 5) is 38.9. The summed E-state index contributed by atoms with van der Waals surface area (Å²) in [5.74, 6) is -0.128. The first kappa shape index (κ1) is 19.8. The Balaban J connectivity index is 1.33. The SMILES string of the molecule is COc1ccccc1-c1ccc(=O)n(C2CN(C(=O)Cn3c(=O)oc4ccccc43)C2)n1. The minimum absolute atomic E-state index is 0.119. The molecule has 1 amide bonds. The van der Waals surface area contributed by atoms with E-state index in [9.17, 15) is 14.4 Å². The first-order valence-corrected chi connectivity index (χ1v) is 10.1. The second kappa shape index (κ2) is 7.84. The monoisotopic (exact) mass is 432 g/mol. The number of rotatable bonds is 5. The first-order chi connectivity index (χ1) is 15.5. The molecule has 32 heavy (non-hydrogen) atoms. The molecule has 2 aromatic carbocycles. The Bertz CT molecular complexity index is 1430. The number of amides is 1. The summed E-state index contributed by atoms with van der Waals surface area (Å²) >= 11 is 0. The van der Waals surface area contributed by atoms with Crippen LogP contribution in [0.25, 0.3) is 22.4 Å². The largest absolute Gasteiger partial charge is 0.496 e. The maximum Gasteiger partial charge on any atom is 0.420 e. The fourth-order valence-corrected chi connectivity index (χ4v) is 3.90. The normalized spacial score (nSPS) is 13.8. The molecule has 9 nitrogen and oxygen atoms in total. The molecule has 3 heterocycles. The van der Waals surface area contributed by atoms with Crippen LogP contribution in [-0.4, -0.2) is 45.4 Å². The average Bonchev–Trinajstić information content (AvgIpc) is 3.09. The summed E-state index contributed by atoms with van der Waals surface area (Å²) < 4.78 is 13.3. The van der Waals surface area contributed by atoms with Crippen LogP contribution in [0.3, 0.4) is 0 Å². The van der Waals surface area contributed by atoms with Crippen molar-refractivity contribution in [3.63, 3.8) is 0 Å². The molecule has 1 fully saturated rings. The van der Waals surface area contributed by atoms with Crippen molar-refractivity contribution in [1.82, 2.24) is 19.2 Å². The third-order valence-corrected chi connectivity index (χ3v) is 5.64. The van der Waals surface area contributed by atoms with Crippen molar-refractivity contribution in [2.45, 2.75) is 12.6 Å². The van der Waals surface area contributed by atoms with Crippen LogP contribution in [0.2, 0.25) is 0 Å². The van der Waals surface area contributed by atoms with Gasteiger partial charge >= 0.3 is 5.76 Å². The Kier molecular flexibility index (Phi) is 4.85. The third kappa shape index (κ3) is 3.37. The second-order valence-corrected chi connectivity index (χ2v) is 7.58. The Labute approximate surface area is 182 Å². The molecule has 162 valence electrons. The van der Waals surface area contributed by atoms with E-state index in [2.05, 4.69) is 5.10 Å². The lowest BCUT2D eigenvalue weighted by Crippen LogP contribution is -2.54. The van der Waals surface area contributed by atoms with Crippen LogP contribution in [0.15, 0.2) is 74.7 Å². The number of ether oxygens (including phenoxy) is 1. The third-order valence-electron chi connectivity index (χ3n) is 5.64. The number of hydrogen-bond donors (Lipinski definition) is 0. The van der Waals surface area contributed by atoms with Crippen LogP contribution >= 0.6 is 0 Å². The quantitative estimate of drug-likeness (QED) is 0.478. The van der Waals surface area contributed by atoms with Crippen molar-refractivity contribution in [3.05, 3.63) is 81.6 Å². The number of nitrogens with zero attached hydrogens (tertiary/aromatic N) is 4. The van der Waals surface area contributed by atoms with Crippen LogP contribution < -0.4 is 16.1 Å². The zero-order chi connectivity index (χ0) is 22.2. The maximum atomic E-state index is 12.7. The fourth-order valence-electron chi connectivity index (χ4n) is 3.90. The number of aromatic nitrogens is 3. The van der Waals surface area contributed by atoms with Crippen LogP contribution in [-0.2, 0) is 11.3 Å². The van der Waals surface area contributed by atoms with Crippen molar-refractivity contribution in [3.8, 4) is 17.0 Å². The van der Waals surface area contributed by atoms with Gasteiger partial charge in [0.05, 0.1) is 24.4 Å². The van der Waals surface area contributed by atoms with E-state index in [0.29, 0.717) is 35.6 Å². The number of oxazole rings is 1. The number of para-hydroxylation sites is 3. The summed E-state index contributed by atoms with van der Waals surface area (Å²) in [6, 6.07) is 17.3. The Morgan fingerprint density at radius 3 is 2.62 bits per heavy atom. The van der Waals surface area contributed by atoms with Gasteiger partial charge in [-0.05, 0) is 30.3 Å². The van der Waals surface area contributed by atoms with Gasteiger partial charge in [-0.1, -0.05) is 24.3 Å². The summed E-state index contributed by atoms with van der Waals surface area (Å²) in [5, 5.41) is 4.51. The van der Waals surface area contributed by atoms with Gasteiger partial charge in [-0.15, -0.1) is 0 Å². The molecule has 5 rings (SSSR count). The molecule has 0 atom stereocenters. The number of carbonyl (C=O) groups is 1. The number of benzene rings is 2. The van der Waals surface area contributed by atoms with Crippen molar-refractivity contribution in [2.24, 2.45) is 0 Å². The van der Waals surface area contributed by atoms with E-state index in [0.717, 1.165) is 5.56 Å². The van der Waals surface area contributed by atoms with Gasteiger partial charge in [0.1, 0.15) is 12.3 Å². The van der Waals surface area contributed by atoms with Gasteiger partial charge < -0.3 is 14.1 Å². The topological polar surface area (TPSA) is 99.6 Å². The number of hydrogen-bond acceptors (Lipinski definition) is 6. The zero-order valence-corrected chi connectivity index (χ0v) is 17.3. The summed E-state index contributed by atoms with van der Waals surface area (Å²) in [5.41, 5.74) is 2.17. The molecule has 0 unspecified atom stereocenters. The molecule has 0 bridgehead atoms. The number of carbonyl (C=O) groups excluding carboxylic acids is 1. The van der Waals surface area contributed by atoms with E-state index in [1.54, 1.807) is 42.3 Å². The summed E-state index contributed by atoms with van der Waals surface area (Å²) in [6.07, 6.45) is 0. The molecule has 0 aliphatic carbocycles. The second-order valence-electron chi connectivity index (χ2n) is 7.58. The van der Waals surface area contributed by atoms with Gasteiger partial charge in [0.15, 0.2) is 5.58 Å². The zero-order valence-electron chi connectivity index (χ0n) is 17.3. The highest BCUT2D eigenvalue weighted by Gasteiger charge is 2.34. The minimum Gasteiger partial charge on any atom is -0.496 e. The minimum atomic E-state index is -0.570. The van der Waals surface area contributed by atoms with Crippen molar-refractivity contribution >= 4 is 17.0 Å². The molecule has 0 N–H and O–H groups in total. The van der Waals surface area contributed by atoms with Crippen molar-refractivity contribution in [2.75, 3.05) is 20.2 Å². The summed E-state index contributed by atoms with van der Waals surface area (Å²) in [6.45, 7) is 0.559. The van der Waals surface area contributed by atoms with E-state index < -0.39 is 5.76 Å². The lowest BCUT2D eigenvalue weighted by Gasteiger charge is -2.39. The molecule has 1 saturated heterocycles. The van der Waals surface area contributed by atoms with Crippen LogP contribution in [0, 0.1) is 0 Å². The molecule has 4 aromatic rings. The van der Waals surface area contributed by atoms with E-state index in [1.165, 1.54) is 15.3 Å². The Morgan fingerprint density at radius 1 is 1.06 bits per heavy atom. The Hall–Kier alpha value is -4.14. The lowest BCUT2D eigenvalue weighted by molar-refractivity contribution is -0.137. The van der Waals surface area contributed by atoms with E-state index in [4.69, 9.17) is 9.15 Å². The molecule has 0 radical (unpaired) electrons. The van der Waals surface area contributed by atoms with Crippen LogP contribution in [0.1, 0.15) is 6.04 Å².